The molecule has 1 aliphatic rings. The third kappa shape index (κ3) is 3.28. The zero-order valence-corrected chi connectivity index (χ0v) is 12.8. The van der Waals surface area contributed by atoms with Gasteiger partial charge in [0.15, 0.2) is 0 Å². The van der Waals surface area contributed by atoms with Crippen molar-refractivity contribution in [3.63, 3.8) is 0 Å². The molecule has 1 N–H and O–H groups in total. The number of hydrogen-bond acceptors (Lipinski definition) is 1. The van der Waals surface area contributed by atoms with Gasteiger partial charge in [-0.25, -0.2) is 0 Å². The summed E-state index contributed by atoms with van der Waals surface area (Å²) in [5.74, 6) is 0. The summed E-state index contributed by atoms with van der Waals surface area (Å²) >= 11 is 0. The number of anilines is 1. The Balaban J connectivity index is 2.32. The molecule has 0 spiro atoms. The van der Waals surface area contributed by atoms with Crippen LogP contribution < -0.4 is 5.32 Å². The molecular weight excluding hydrogens is 230 g/mol. The minimum Gasteiger partial charge on any atom is -0.355 e. The second-order valence-corrected chi connectivity index (χ2v) is 6.50. The summed E-state index contributed by atoms with van der Waals surface area (Å²) in [6.45, 7) is 11.2. The Morgan fingerprint density at radius 3 is 2.11 bits per heavy atom. The summed E-state index contributed by atoms with van der Waals surface area (Å²) in [5.41, 5.74) is 6.74. The van der Waals surface area contributed by atoms with E-state index in [9.17, 15) is 0 Å². The van der Waals surface area contributed by atoms with Crippen LogP contribution >= 0.6 is 0 Å². The quantitative estimate of drug-likeness (QED) is 0.761. The van der Waals surface area contributed by atoms with Crippen molar-refractivity contribution < 1.29 is 0 Å². The fraction of sp³-hybridized carbons (Fsp3) is 0.444. The molecule has 1 aliphatic carbocycles. The van der Waals surface area contributed by atoms with E-state index in [0.29, 0.717) is 0 Å². The molecule has 0 saturated heterocycles. The maximum atomic E-state index is 3.57. The lowest BCUT2D eigenvalue weighted by molar-refractivity contribution is 0.589. The number of nitrogens with one attached hydrogen (secondary N) is 1. The van der Waals surface area contributed by atoms with E-state index in [1.807, 2.05) is 0 Å². The largest absolute Gasteiger partial charge is 0.355 e. The molecular formula is C18H25N. The van der Waals surface area contributed by atoms with E-state index >= 15 is 0 Å². The Labute approximate surface area is 117 Å². The maximum absolute atomic E-state index is 3.57. The van der Waals surface area contributed by atoms with E-state index in [4.69, 9.17) is 0 Å². The lowest BCUT2D eigenvalue weighted by Gasteiger charge is -2.23. The van der Waals surface area contributed by atoms with E-state index < -0.39 is 0 Å². The number of rotatable bonds is 2. The Hall–Kier alpha value is -1.50. The third-order valence-corrected chi connectivity index (χ3v) is 3.66. The first-order chi connectivity index (χ1) is 8.88. The number of allylic oxidation sites excluding steroid dienone is 3. The summed E-state index contributed by atoms with van der Waals surface area (Å²) in [6.07, 6.45) is 8.98. The predicted molar refractivity (Wildman–Crippen MR) is 84.7 cm³/mol. The van der Waals surface area contributed by atoms with Gasteiger partial charge in [0.05, 0.1) is 0 Å². The van der Waals surface area contributed by atoms with Crippen LogP contribution in [0.3, 0.4) is 0 Å². The molecule has 0 amide bonds. The van der Waals surface area contributed by atoms with Gasteiger partial charge in [0.1, 0.15) is 0 Å². The van der Waals surface area contributed by atoms with Crippen molar-refractivity contribution in [2.45, 2.75) is 52.9 Å². The number of aryl methyl sites for hydroxylation is 2. The van der Waals surface area contributed by atoms with Crippen LogP contribution in [0.5, 0.6) is 0 Å². The van der Waals surface area contributed by atoms with Crippen LogP contribution in [0, 0.1) is 13.8 Å². The average Bonchev–Trinajstić information content (AvgIpc) is 2.33. The molecule has 2 rings (SSSR count). The molecule has 0 saturated carbocycles. The van der Waals surface area contributed by atoms with Gasteiger partial charge in [-0.2, -0.15) is 0 Å². The smallest absolute Gasteiger partial charge is 0.0443 e. The summed E-state index contributed by atoms with van der Waals surface area (Å²) in [7, 11) is 0. The Morgan fingerprint density at radius 1 is 1.00 bits per heavy atom. The number of benzene rings is 1. The zero-order chi connectivity index (χ0) is 14.0. The molecule has 0 aliphatic heterocycles. The van der Waals surface area contributed by atoms with Crippen molar-refractivity contribution in [3.8, 4) is 0 Å². The first kappa shape index (κ1) is 13.9. The summed E-state index contributed by atoms with van der Waals surface area (Å²) in [4.78, 5) is 0. The van der Waals surface area contributed by atoms with Crippen LogP contribution in [-0.2, 0) is 5.41 Å². The zero-order valence-electron chi connectivity index (χ0n) is 12.8. The van der Waals surface area contributed by atoms with Crippen LogP contribution in [-0.4, -0.2) is 0 Å². The second-order valence-electron chi connectivity index (χ2n) is 6.50. The third-order valence-electron chi connectivity index (χ3n) is 3.66. The fourth-order valence-corrected chi connectivity index (χ4v) is 2.44. The van der Waals surface area contributed by atoms with Crippen LogP contribution in [0.15, 0.2) is 36.1 Å². The first-order valence-corrected chi connectivity index (χ1v) is 7.13. The van der Waals surface area contributed by atoms with Crippen LogP contribution in [0.2, 0.25) is 0 Å². The summed E-state index contributed by atoms with van der Waals surface area (Å²) in [5, 5.41) is 3.57. The van der Waals surface area contributed by atoms with Crippen molar-refractivity contribution in [2.75, 3.05) is 5.32 Å². The molecule has 0 fully saturated rings. The van der Waals surface area contributed by atoms with Crippen molar-refractivity contribution in [3.05, 3.63) is 52.7 Å². The molecule has 0 radical (unpaired) electrons. The van der Waals surface area contributed by atoms with Crippen molar-refractivity contribution >= 4 is 5.69 Å². The fourth-order valence-electron chi connectivity index (χ4n) is 2.44. The molecule has 1 aromatic carbocycles. The minimum atomic E-state index is 0.206. The lowest BCUT2D eigenvalue weighted by atomic mass is 9.84. The van der Waals surface area contributed by atoms with Crippen LogP contribution in [0.25, 0.3) is 0 Å². The topological polar surface area (TPSA) is 12.0 Å². The predicted octanol–water partition coefficient (Wildman–Crippen LogP) is 5.25. The van der Waals surface area contributed by atoms with Crippen molar-refractivity contribution in [1.82, 2.24) is 0 Å². The van der Waals surface area contributed by atoms with Crippen molar-refractivity contribution in [2.24, 2.45) is 0 Å². The lowest BCUT2D eigenvalue weighted by Crippen LogP contribution is -2.13. The van der Waals surface area contributed by atoms with E-state index in [1.165, 1.54) is 28.1 Å². The SMILES string of the molecule is Cc1cc(C(C)(C)C)cc(C)c1NC1=CCCC=C1. The Morgan fingerprint density at radius 2 is 1.63 bits per heavy atom. The summed E-state index contributed by atoms with van der Waals surface area (Å²) in [6, 6.07) is 4.62. The maximum Gasteiger partial charge on any atom is 0.0443 e. The molecule has 1 nitrogen and oxygen atoms in total. The van der Waals surface area contributed by atoms with Gasteiger partial charge in [0.2, 0.25) is 0 Å². The molecule has 0 atom stereocenters. The standard InChI is InChI=1S/C18H25N/c1-13-11-15(18(3,4)5)12-14(2)17(13)19-16-9-7-6-8-10-16/h7,9-12,19H,6,8H2,1-5H3. The van der Waals surface area contributed by atoms with Gasteiger partial charge in [0, 0.05) is 11.4 Å². The van der Waals surface area contributed by atoms with Gasteiger partial charge < -0.3 is 5.32 Å². The van der Waals surface area contributed by atoms with Crippen LogP contribution in [0.4, 0.5) is 5.69 Å². The van der Waals surface area contributed by atoms with Crippen LogP contribution in [0.1, 0.15) is 50.3 Å². The highest BCUT2D eigenvalue weighted by atomic mass is 14.9. The van der Waals surface area contributed by atoms with Gasteiger partial charge in [-0.1, -0.05) is 45.1 Å². The highest BCUT2D eigenvalue weighted by Gasteiger charge is 2.16. The van der Waals surface area contributed by atoms with Gasteiger partial charge >= 0.3 is 0 Å². The average molecular weight is 255 g/mol. The van der Waals surface area contributed by atoms with E-state index in [-0.39, 0.29) is 5.41 Å². The minimum absolute atomic E-state index is 0.206. The molecule has 0 heterocycles. The highest BCUT2D eigenvalue weighted by molar-refractivity contribution is 5.63. The van der Waals surface area contributed by atoms with E-state index in [0.717, 1.165) is 12.8 Å². The molecule has 0 aromatic heterocycles. The highest BCUT2D eigenvalue weighted by Crippen LogP contribution is 2.30. The first-order valence-electron chi connectivity index (χ1n) is 7.13. The Kier molecular flexibility index (Phi) is 3.84. The van der Waals surface area contributed by atoms with E-state index in [2.05, 4.69) is 70.3 Å². The van der Waals surface area contributed by atoms with Gasteiger partial charge in [0.25, 0.3) is 0 Å². The molecule has 19 heavy (non-hydrogen) atoms. The van der Waals surface area contributed by atoms with Crippen molar-refractivity contribution in [1.29, 1.82) is 0 Å². The van der Waals surface area contributed by atoms with Gasteiger partial charge in [-0.15, -0.1) is 0 Å². The normalized spacial score (nSPS) is 15.3. The molecule has 1 aromatic rings. The summed E-state index contributed by atoms with van der Waals surface area (Å²) < 4.78 is 0. The molecule has 102 valence electrons. The van der Waals surface area contributed by atoms with E-state index in [1.54, 1.807) is 0 Å². The molecule has 0 unspecified atom stereocenters. The monoisotopic (exact) mass is 255 g/mol. The number of hydrogen-bond donors (Lipinski definition) is 1. The van der Waals surface area contributed by atoms with Gasteiger partial charge in [-0.3, -0.25) is 0 Å². The second kappa shape index (κ2) is 5.24. The van der Waals surface area contributed by atoms with Gasteiger partial charge in [-0.05, 0) is 54.9 Å². The molecule has 1 heteroatoms. The molecule has 0 bridgehead atoms. The Bertz CT molecular complexity index is 504.